The molecule has 1 N–H and O–H groups in total. The quantitative estimate of drug-likeness (QED) is 0.357. The minimum absolute atomic E-state index is 0.0552. The first-order valence-electron chi connectivity index (χ1n) is 12.3. The van der Waals surface area contributed by atoms with Gasteiger partial charge < -0.3 is 19.5 Å². The number of nitrogens with one attached hydrogen (secondary N) is 1. The van der Waals surface area contributed by atoms with E-state index in [-0.39, 0.29) is 35.2 Å². The second kappa shape index (κ2) is 11.7. The summed E-state index contributed by atoms with van der Waals surface area (Å²) in [5.41, 5.74) is 1.19. The topological polar surface area (TPSA) is 132 Å². The maximum Gasteiger partial charge on any atom is 0.264 e. The first-order valence-corrected chi connectivity index (χ1v) is 15.2. The van der Waals surface area contributed by atoms with Crippen molar-refractivity contribution in [2.75, 3.05) is 45.2 Å². The van der Waals surface area contributed by atoms with E-state index in [0.717, 1.165) is 9.87 Å². The molecule has 214 valence electrons. The molecule has 13 heteroatoms. The highest BCUT2D eigenvalue weighted by atomic mass is 32.2. The summed E-state index contributed by atoms with van der Waals surface area (Å²) in [4.78, 5) is 13.2. The molecular formula is C27H31N3O8S2. The zero-order valence-corrected chi connectivity index (χ0v) is 24.2. The number of fused-ring (bicyclic) bond motifs is 1. The molecule has 0 bridgehead atoms. The van der Waals surface area contributed by atoms with E-state index in [0.29, 0.717) is 17.2 Å². The van der Waals surface area contributed by atoms with Crippen molar-refractivity contribution in [3.05, 3.63) is 72.3 Å². The van der Waals surface area contributed by atoms with E-state index in [4.69, 9.17) is 14.2 Å². The summed E-state index contributed by atoms with van der Waals surface area (Å²) in [5.74, 6) is 0.725. The minimum atomic E-state index is -4.02. The fourth-order valence-electron chi connectivity index (χ4n) is 3.98. The molecule has 1 aliphatic heterocycles. The highest BCUT2D eigenvalue weighted by molar-refractivity contribution is 7.92. The summed E-state index contributed by atoms with van der Waals surface area (Å²) in [7, 11) is -3.17. The van der Waals surface area contributed by atoms with Crippen LogP contribution in [-0.4, -0.2) is 74.1 Å². The molecule has 3 aromatic rings. The molecule has 0 unspecified atom stereocenters. The lowest BCUT2D eigenvalue weighted by molar-refractivity contribution is -0.127. The van der Waals surface area contributed by atoms with Gasteiger partial charge in [0.1, 0.15) is 23.9 Å². The average Bonchev–Trinajstić information content (AvgIpc) is 2.94. The molecule has 1 aliphatic rings. The van der Waals surface area contributed by atoms with Gasteiger partial charge >= 0.3 is 0 Å². The number of amides is 1. The van der Waals surface area contributed by atoms with Crippen LogP contribution in [-0.2, 0) is 24.8 Å². The summed E-state index contributed by atoms with van der Waals surface area (Å²) in [6.45, 7) is 1.83. The van der Waals surface area contributed by atoms with Crippen LogP contribution < -0.4 is 23.8 Å². The van der Waals surface area contributed by atoms with Crippen molar-refractivity contribution in [2.45, 2.75) is 22.8 Å². The molecule has 4 rings (SSSR count). The number of sulfonamides is 2. The van der Waals surface area contributed by atoms with Crippen molar-refractivity contribution in [1.29, 1.82) is 0 Å². The predicted octanol–water partition coefficient (Wildman–Crippen LogP) is 2.41. The highest BCUT2D eigenvalue weighted by Crippen LogP contribution is 2.38. The Hall–Kier alpha value is -3.81. The molecule has 0 aliphatic carbocycles. The van der Waals surface area contributed by atoms with E-state index in [1.54, 1.807) is 30.3 Å². The number of rotatable bonds is 10. The van der Waals surface area contributed by atoms with Crippen LogP contribution in [0.5, 0.6) is 17.2 Å². The zero-order valence-electron chi connectivity index (χ0n) is 22.5. The normalized spacial score (nSPS) is 15.2. The van der Waals surface area contributed by atoms with E-state index in [9.17, 15) is 21.6 Å². The first kappa shape index (κ1) is 29.2. The van der Waals surface area contributed by atoms with Gasteiger partial charge in [-0.05, 0) is 73.2 Å². The summed E-state index contributed by atoms with van der Waals surface area (Å²) in [5, 5.41) is 2.71. The van der Waals surface area contributed by atoms with E-state index >= 15 is 0 Å². The molecule has 1 heterocycles. The Balaban J connectivity index is 1.42. The van der Waals surface area contributed by atoms with Crippen LogP contribution >= 0.6 is 0 Å². The van der Waals surface area contributed by atoms with Crippen LogP contribution in [0.25, 0.3) is 0 Å². The number of methoxy groups -OCH3 is 1. The minimum Gasteiger partial charge on any atom is -0.497 e. The van der Waals surface area contributed by atoms with Crippen LogP contribution in [0.3, 0.4) is 0 Å². The third-order valence-corrected chi connectivity index (χ3v) is 9.82. The average molecular weight is 590 g/mol. The van der Waals surface area contributed by atoms with Crippen molar-refractivity contribution in [1.82, 2.24) is 9.62 Å². The molecule has 1 atom stereocenters. The number of nitrogens with zero attached hydrogens (tertiary/aromatic N) is 2. The van der Waals surface area contributed by atoms with Crippen molar-refractivity contribution in [3.8, 4) is 17.2 Å². The van der Waals surface area contributed by atoms with Gasteiger partial charge in [0.05, 0.1) is 35.7 Å². The van der Waals surface area contributed by atoms with Gasteiger partial charge in [-0.25, -0.2) is 21.1 Å². The molecule has 0 aromatic heterocycles. The van der Waals surface area contributed by atoms with E-state index < -0.39 is 32.1 Å². The van der Waals surface area contributed by atoms with Gasteiger partial charge in [0, 0.05) is 14.1 Å². The van der Waals surface area contributed by atoms with Gasteiger partial charge in [0.15, 0.2) is 6.10 Å². The monoisotopic (exact) mass is 589 g/mol. The van der Waals surface area contributed by atoms with Gasteiger partial charge in [-0.2, -0.15) is 0 Å². The van der Waals surface area contributed by atoms with Gasteiger partial charge in [-0.15, -0.1) is 0 Å². The maximum absolute atomic E-state index is 13.6. The van der Waals surface area contributed by atoms with Crippen LogP contribution in [0.4, 0.5) is 5.69 Å². The third-order valence-electron chi connectivity index (χ3n) is 6.20. The standard InChI is InChI=1S/C27H31N3O8S2/c1-19-5-14-25-24(17-19)30(40(34,35)23-10-6-20(36-4)7-11-23)18-26(38-25)27(31)28-15-16-37-21-8-12-22(13-9-21)39(32,33)29(2)3/h5-14,17,26H,15-16,18H2,1-4H3,(H,28,31)/t26-/m0/s1. The molecule has 3 aromatic carbocycles. The number of benzene rings is 3. The molecule has 11 nitrogen and oxygen atoms in total. The number of carbonyl (C=O) groups excluding carboxylic acids is 1. The van der Waals surface area contributed by atoms with Crippen molar-refractivity contribution >= 4 is 31.6 Å². The molecule has 0 radical (unpaired) electrons. The molecular weight excluding hydrogens is 558 g/mol. The van der Waals surface area contributed by atoms with E-state index in [2.05, 4.69) is 5.32 Å². The Morgan fingerprint density at radius 1 is 0.975 bits per heavy atom. The first-order chi connectivity index (χ1) is 18.9. The van der Waals surface area contributed by atoms with Crippen molar-refractivity contribution in [2.24, 2.45) is 0 Å². The maximum atomic E-state index is 13.6. The fraction of sp³-hybridized carbons (Fsp3) is 0.296. The van der Waals surface area contributed by atoms with Crippen molar-refractivity contribution < 1.29 is 35.8 Å². The van der Waals surface area contributed by atoms with Gasteiger partial charge in [-0.3, -0.25) is 9.10 Å². The highest BCUT2D eigenvalue weighted by Gasteiger charge is 2.37. The summed E-state index contributed by atoms with van der Waals surface area (Å²) >= 11 is 0. The molecule has 0 saturated carbocycles. The second-order valence-corrected chi connectivity index (χ2v) is 13.2. The Morgan fingerprint density at radius 3 is 2.23 bits per heavy atom. The van der Waals surface area contributed by atoms with E-state index in [1.165, 1.54) is 61.9 Å². The van der Waals surface area contributed by atoms with Crippen LogP contribution in [0.2, 0.25) is 0 Å². The van der Waals surface area contributed by atoms with Crippen LogP contribution in [0, 0.1) is 6.92 Å². The smallest absolute Gasteiger partial charge is 0.264 e. The summed E-state index contributed by atoms with van der Waals surface area (Å²) < 4.78 is 70.5. The largest absolute Gasteiger partial charge is 0.497 e. The number of anilines is 1. The lowest BCUT2D eigenvalue weighted by Gasteiger charge is -2.35. The number of ether oxygens (including phenoxy) is 3. The zero-order chi connectivity index (χ0) is 29.1. The molecule has 0 fully saturated rings. The number of hydrogen-bond acceptors (Lipinski definition) is 8. The Kier molecular flexibility index (Phi) is 8.57. The van der Waals surface area contributed by atoms with Gasteiger partial charge in [0.2, 0.25) is 10.0 Å². The van der Waals surface area contributed by atoms with Gasteiger partial charge in [0.25, 0.3) is 15.9 Å². The molecule has 0 spiro atoms. The van der Waals surface area contributed by atoms with Gasteiger partial charge in [-0.1, -0.05) is 6.07 Å². The second-order valence-electron chi connectivity index (χ2n) is 9.19. The van der Waals surface area contributed by atoms with Crippen LogP contribution in [0.1, 0.15) is 5.56 Å². The molecule has 1 amide bonds. The summed E-state index contributed by atoms with van der Waals surface area (Å²) in [6, 6.07) is 17.1. The van der Waals surface area contributed by atoms with E-state index in [1.807, 2.05) is 6.92 Å². The number of aryl methyl sites for hydroxylation is 1. The lowest BCUT2D eigenvalue weighted by atomic mass is 10.1. The summed E-state index contributed by atoms with van der Waals surface area (Å²) in [6.07, 6.45) is -1.10. The molecule has 0 saturated heterocycles. The third kappa shape index (κ3) is 6.16. The Bertz CT molecular complexity index is 1570. The van der Waals surface area contributed by atoms with Crippen LogP contribution in [0.15, 0.2) is 76.5 Å². The number of carbonyl (C=O) groups is 1. The number of hydrogen-bond donors (Lipinski definition) is 1. The molecule has 40 heavy (non-hydrogen) atoms. The van der Waals surface area contributed by atoms with Crippen molar-refractivity contribution in [3.63, 3.8) is 0 Å². The Morgan fingerprint density at radius 2 is 1.60 bits per heavy atom. The predicted molar refractivity (Wildman–Crippen MR) is 149 cm³/mol. The lowest BCUT2D eigenvalue weighted by Crippen LogP contribution is -2.51. The fourth-order valence-corrected chi connectivity index (χ4v) is 6.35. The Labute approximate surface area is 234 Å². The SMILES string of the molecule is COc1ccc(S(=O)(=O)N2C[C@@H](C(=O)NCCOc3ccc(S(=O)(=O)N(C)C)cc3)Oc3ccc(C)cc32)cc1.